The summed E-state index contributed by atoms with van der Waals surface area (Å²) in [5, 5.41) is 10.1. The second-order valence-corrected chi connectivity index (χ2v) is 5.03. The Labute approximate surface area is 112 Å². The van der Waals surface area contributed by atoms with Crippen LogP contribution in [0.1, 0.15) is 18.6 Å². The summed E-state index contributed by atoms with van der Waals surface area (Å²) in [6.07, 6.45) is -0.536. The van der Waals surface area contributed by atoms with Crippen LogP contribution in [0.25, 0.3) is 0 Å². The standard InChI is InChI=1S/C13H17ClN2O2/c1-9(17)10-3-4-12(11(14)7-10)16-6-5-15(2)13(18)8-16/h3-4,7,9,17H,5-6,8H2,1-2H3/t9-/m1/s1. The summed E-state index contributed by atoms with van der Waals surface area (Å²) < 4.78 is 0. The molecule has 1 saturated heterocycles. The zero-order valence-electron chi connectivity index (χ0n) is 10.6. The highest BCUT2D eigenvalue weighted by molar-refractivity contribution is 6.33. The fraction of sp³-hybridized carbons (Fsp3) is 0.462. The van der Waals surface area contributed by atoms with Crippen LogP contribution in [0, 0.1) is 0 Å². The van der Waals surface area contributed by atoms with Gasteiger partial charge < -0.3 is 14.9 Å². The molecule has 1 aliphatic rings. The van der Waals surface area contributed by atoms with E-state index in [-0.39, 0.29) is 5.91 Å². The monoisotopic (exact) mass is 268 g/mol. The lowest BCUT2D eigenvalue weighted by Gasteiger charge is -2.34. The molecule has 1 atom stereocenters. The molecule has 1 aromatic carbocycles. The topological polar surface area (TPSA) is 43.8 Å². The molecule has 1 heterocycles. The smallest absolute Gasteiger partial charge is 0.241 e. The van der Waals surface area contributed by atoms with Gasteiger partial charge >= 0.3 is 0 Å². The van der Waals surface area contributed by atoms with Crippen molar-refractivity contribution in [3.63, 3.8) is 0 Å². The van der Waals surface area contributed by atoms with Crippen molar-refractivity contribution in [2.75, 3.05) is 31.6 Å². The van der Waals surface area contributed by atoms with E-state index in [4.69, 9.17) is 11.6 Å². The van der Waals surface area contributed by atoms with Crippen molar-refractivity contribution in [2.24, 2.45) is 0 Å². The Bertz CT molecular complexity index is 462. The molecule has 0 unspecified atom stereocenters. The summed E-state index contributed by atoms with van der Waals surface area (Å²) in [5.41, 5.74) is 1.63. The van der Waals surface area contributed by atoms with Gasteiger partial charge in [-0.2, -0.15) is 0 Å². The molecule has 0 saturated carbocycles. The molecule has 1 N–H and O–H groups in total. The molecule has 4 nitrogen and oxygen atoms in total. The number of hydrogen-bond donors (Lipinski definition) is 1. The zero-order chi connectivity index (χ0) is 13.3. The number of carbonyl (C=O) groups is 1. The Morgan fingerprint density at radius 1 is 1.39 bits per heavy atom. The number of nitrogens with zero attached hydrogens (tertiary/aromatic N) is 2. The summed E-state index contributed by atoms with van der Waals surface area (Å²) >= 11 is 6.21. The third-order valence-electron chi connectivity index (χ3n) is 3.25. The number of benzene rings is 1. The van der Waals surface area contributed by atoms with Gasteiger partial charge in [0.25, 0.3) is 0 Å². The lowest BCUT2D eigenvalue weighted by atomic mass is 10.1. The van der Waals surface area contributed by atoms with E-state index in [0.29, 0.717) is 18.1 Å². The average molecular weight is 269 g/mol. The van der Waals surface area contributed by atoms with Crippen LogP contribution in [0.4, 0.5) is 5.69 Å². The first-order chi connectivity index (χ1) is 8.49. The molecule has 5 heteroatoms. The maximum absolute atomic E-state index is 11.7. The maximum Gasteiger partial charge on any atom is 0.241 e. The number of amides is 1. The molecule has 1 aromatic rings. The van der Waals surface area contributed by atoms with Gasteiger partial charge in [-0.1, -0.05) is 17.7 Å². The van der Waals surface area contributed by atoms with E-state index >= 15 is 0 Å². The van der Waals surface area contributed by atoms with Gasteiger partial charge in [0, 0.05) is 20.1 Å². The number of halogens is 1. The molecular weight excluding hydrogens is 252 g/mol. The van der Waals surface area contributed by atoms with E-state index < -0.39 is 6.10 Å². The van der Waals surface area contributed by atoms with Gasteiger partial charge in [0.05, 0.1) is 23.4 Å². The third kappa shape index (κ3) is 2.60. The quantitative estimate of drug-likeness (QED) is 0.887. The van der Waals surface area contributed by atoms with Crippen molar-refractivity contribution < 1.29 is 9.90 Å². The third-order valence-corrected chi connectivity index (χ3v) is 3.55. The van der Waals surface area contributed by atoms with Gasteiger partial charge in [-0.25, -0.2) is 0 Å². The van der Waals surface area contributed by atoms with Crippen LogP contribution < -0.4 is 4.90 Å². The van der Waals surface area contributed by atoms with E-state index in [1.54, 1.807) is 24.9 Å². The number of rotatable bonds is 2. The highest BCUT2D eigenvalue weighted by atomic mass is 35.5. The second kappa shape index (κ2) is 5.16. The molecule has 0 aliphatic carbocycles. The Morgan fingerprint density at radius 2 is 2.11 bits per heavy atom. The van der Waals surface area contributed by atoms with Crippen molar-refractivity contribution in [2.45, 2.75) is 13.0 Å². The minimum atomic E-state index is -0.536. The number of carbonyl (C=O) groups excluding carboxylic acids is 1. The van der Waals surface area contributed by atoms with Crippen LogP contribution in [-0.2, 0) is 4.79 Å². The Hall–Kier alpha value is -1.26. The van der Waals surface area contributed by atoms with Gasteiger partial charge in [-0.15, -0.1) is 0 Å². The largest absolute Gasteiger partial charge is 0.389 e. The van der Waals surface area contributed by atoms with Gasteiger partial charge in [0.15, 0.2) is 0 Å². The van der Waals surface area contributed by atoms with E-state index in [1.807, 2.05) is 17.0 Å². The van der Waals surface area contributed by atoms with E-state index in [9.17, 15) is 9.90 Å². The molecule has 2 rings (SSSR count). The average Bonchev–Trinajstić information content (AvgIpc) is 2.32. The Morgan fingerprint density at radius 3 is 2.67 bits per heavy atom. The Kier molecular flexibility index (Phi) is 3.78. The molecule has 0 radical (unpaired) electrons. The van der Waals surface area contributed by atoms with Crippen molar-refractivity contribution in [3.8, 4) is 0 Å². The SMILES string of the molecule is C[C@@H](O)c1ccc(N2CCN(C)C(=O)C2)c(Cl)c1. The van der Waals surface area contributed by atoms with Gasteiger partial charge in [0.2, 0.25) is 5.91 Å². The number of likely N-dealkylation sites (N-methyl/N-ethyl adjacent to an activating group) is 1. The number of anilines is 1. The molecule has 1 fully saturated rings. The molecule has 0 aromatic heterocycles. The lowest BCUT2D eigenvalue weighted by molar-refractivity contribution is -0.129. The minimum absolute atomic E-state index is 0.0944. The number of hydrogen-bond acceptors (Lipinski definition) is 3. The molecular formula is C13H17ClN2O2. The van der Waals surface area contributed by atoms with Crippen molar-refractivity contribution in [3.05, 3.63) is 28.8 Å². The molecule has 18 heavy (non-hydrogen) atoms. The highest BCUT2D eigenvalue weighted by Crippen LogP contribution is 2.29. The van der Waals surface area contributed by atoms with Gasteiger partial charge in [-0.3, -0.25) is 4.79 Å². The van der Waals surface area contributed by atoms with Gasteiger partial charge in [0.1, 0.15) is 0 Å². The summed E-state index contributed by atoms with van der Waals surface area (Å²) in [7, 11) is 1.80. The van der Waals surface area contributed by atoms with E-state index in [1.165, 1.54) is 0 Å². The minimum Gasteiger partial charge on any atom is -0.389 e. The summed E-state index contributed by atoms with van der Waals surface area (Å²) in [6.45, 7) is 3.53. The van der Waals surface area contributed by atoms with Gasteiger partial charge in [-0.05, 0) is 24.6 Å². The predicted octanol–water partition coefficient (Wildman–Crippen LogP) is 1.67. The summed E-state index contributed by atoms with van der Waals surface area (Å²) in [4.78, 5) is 15.4. The van der Waals surface area contributed by atoms with Crippen LogP contribution in [0.2, 0.25) is 5.02 Å². The zero-order valence-corrected chi connectivity index (χ0v) is 11.3. The number of aliphatic hydroxyl groups is 1. The molecule has 0 bridgehead atoms. The molecule has 0 spiro atoms. The number of piperazine rings is 1. The van der Waals surface area contributed by atoms with Crippen LogP contribution >= 0.6 is 11.6 Å². The van der Waals surface area contributed by atoms with Crippen LogP contribution in [0.15, 0.2) is 18.2 Å². The second-order valence-electron chi connectivity index (χ2n) is 4.62. The molecule has 1 aliphatic heterocycles. The highest BCUT2D eigenvalue weighted by Gasteiger charge is 2.22. The first-order valence-electron chi connectivity index (χ1n) is 5.95. The first kappa shape index (κ1) is 13.2. The maximum atomic E-state index is 11.7. The van der Waals surface area contributed by atoms with Crippen molar-refractivity contribution >= 4 is 23.2 Å². The Balaban J connectivity index is 2.21. The van der Waals surface area contributed by atoms with Crippen LogP contribution in [0.3, 0.4) is 0 Å². The molecule has 1 amide bonds. The fourth-order valence-corrected chi connectivity index (χ4v) is 2.31. The number of aliphatic hydroxyl groups excluding tert-OH is 1. The van der Waals surface area contributed by atoms with E-state index in [2.05, 4.69) is 0 Å². The summed E-state index contributed by atoms with van der Waals surface area (Å²) in [5.74, 6) is 0.0944. The molecule has 98 valence electrons. The first-order valence-corrected chi connectivity index (χ1v) is 6.33. The van der Waals surface area contributed by atoms with Crippen molar-refractivity contribution in [1.29, 1.82) is 0 Å². The fourth-order valence-electron chi connectivity index (χ4n) is 2.00. The van der Waals surface area contributed by atoms with Crippen LogP contribution in [-0.4, -0.2) is 42.6 Å². The lowest BCUT2D eigenvalue weighted by Crippen LogP contribution is -2.48. The summed E-state index contributed by atoms with van der Waals surface area (Å²) in [6, 6.07) is 5.46. The van der Waals surface area contributed by atoms with Crippen LogP contribution in [0.5, 0.6) is 0 Å². The normalized spacial score (nSPS) is 18.1. The van der Waals surface area contributed by atoms with E-state index in [0.717, 1.165) is 17.8 Å². The predicted molar refractivity (Wildman–Crippen MR) is 71.9 cm³/mol. The van der Waals surface area contributed by atoms with Crippen molar-refractivity contribution in [1.82, 2.24) is 4.90 Å².